The number of aromatic nitrogens is 5. The molecule has 0 saturated carbocycles. The van der Waals surface area contributed by atoms with Crippen molar-refractivity contribution in [2.75, 3.05) is 45.0 Å². The molecule has 10 heteroatoms. The van der Waals surface area contributed by atoms with Crippen LogP contribution >= 0.6 is 0 Å². The molecule has 2 saturated heterocycles. The van der Waals surface area contributed by atoms with Gasteiger partial charge in [-0.3, -0.25) is 24.6 Å². The number of nitrogen functional groups attached to an aromatic ring is 1. The van der Waals surface area contributed by atoms with E-state index >= 15 is 0 Å². The lowest BCUT2D eigenvalue weighted by molar-refractivity contribution is 0.0466. The molecule has 8 rings (SSSR count). The lowest BCUT2D eigenvalue weighted by atomic mass is 9.89. The zero-order valence-corrected chi connectivity index (χ0v) is 30.8. The summed E-state index contributed by atoms with van der Waals surface area (Å²) < 4.78 is 0. The summed E-state index contributed by atoms with van der Waals surface area (Å²) in [6.07, 6.45) is 8.78. The highest BCUT2D eigenvalue weighted by atomic mass is 16.2. The molecule has 2 atom stereocenters. The van der Waals surface area contributed by atoms with Crippen molar-refractivity contribution in [1.29, 1.82) is 0 Å². The summed E-state index contributed by atoms with van der Waals surface area (Å²) in [5, 5.41) is 0.930. The van der Waals surface area contributed by atoms with Crippen molar-refractivity contribution in [3.8, 4) is 22.5 Å². The molecule has 4 aromatic heterocycles. The van der Waals surface area contributed by atoms with Crippen LogP contribution in [0.15, 0.2) is 91.5 Å². The van der Waals surface area contributed by atoms with Crippen LogP contribution in [0.25, 0.3) is 33.5 Å². The highest BCUT2D eigenvalue weighted by Crippen LogP contribution is 2.42. The van der Waals surface area contributed by atoms with Crippen LogP contribution in [0.5, 0.6) is 0 Å². The van der Waals surface area contributed by atoms with E-state index in [0.717, 1.165) is 90.2 Å². The maximum absolute atomic E-state index is 13.7. The van der Waals surface area contributed by atoms with E-state index in [1.807, 2.05) is 78.8 Å². The number of nitrogens with one attached hydrogen (secondary N) is 1. The Hall–Kier alpha value is -5.45. The first-order valence-corrected chi connectivity index (χ1v) is 18.8. The number of nitrogens with two attached hydrogens (primary N) is 1. The minimum absolute atomic E-state index is 0.0746. The van der Waals surface area contributed by atoms with Gasteiger partial charge in [0.25, 0.3) is 5.91 Å². The fourth-order valence-corrected chi connectivity index (χ4v) is 8.27. The number of rotatable bonds is 8. The predicted octanol–water partition coefficient (Wildman–Crippen LogP) is 7.32. The highest BCUT2D eigenvalue weighted by molar-refractivity contribution is 5.97. The monoisotopic (exact) mass is 705 g/mol. The smallest absolute Gasteiger partial charge is 0.253 e. The molecule has 270 valence electrons. The number of piperidine rings is 1. The van der Waals surface area contributed by atoms with Crippen molar-refractivity contribution in [3.05, 3.63) is 125 Å². The van der Waals surface area contributed by atoms with Crippen LogP contribution in [0.3, 0.4) is 0 Å². The third-order valence-corrected chi connectivity index (χ3v) is 11.3. The normalized spacial score (nSPS) is 18.4. The molecule has 10 nitrogen and oxygen atoms in total. The zero-order valence-electron chi connectivity index (χ0n) is 30.8. The molecule has 1 amide bonds. The molecule has 0 unspecified atom stereocenters. The number of anilines is 1. The molecule has 6 aromatic rings. The van der Waals surface area contributed by atoms with Gasteiger partial charge in [0.1, 0.15) is 12.0 Å². The Kier molecular flexibility index (Phi) is 9.73. The lowest BCUT2D eigenvalue weighted by Gasteiger charge is -2.44. The fraction of sp³-hybridized carbons (Fsp3) is 0.326. The SMILES string of the molecule is Cc1cccnc1[C@H]1CCC[C@@H](c2ncccc2C)N1CCN1CCN(C(=O)c2ccc(-c3cc4c(-c5cccc(N)c5C)ncnc4[nH]3)cc2)CC1. The number of amides is 1. The van der Waals surface area contributed by atoms with Crippen molar-refractivity contribution in [1.82, 2.24) is 39.6 Å². The van der Waals surface area contributed by atoms with Gasteiger partial charge in [0.15, 0.2) is 0 Å². The maximum Gasteiger partial charge on any atom is 0.253 e. The van der Waals surface area contributed by atoms with Crippen LogP contribution in [0.4, 0.5) is 5.69 Å². The van der Waals surface area contributed by atoms with Gasteiger partial charge in [-0.2, -0.15) is 0 Å². The van der Waals surface area contributed by atoms with Gasteiger partial charge in [-0.25, -0.2) is 9.97 Å². The van der Waals surface area contributed by atoms with E-state index in [2.05, 4.69) is 56.8 Å². The number of carbonyl (C=O) groups is 1. The van der Waals surface area contributed by atoms with Gasteiger partial charge in [-0.05, 0) is 98.7 Å². The third-order valence-electron chi connectivity index (χ3n) is 11.3. The molecule has 3 N–H and O–H groups in total. The molecule has 0 bridgehead atoms. The number of nitrogens with zero attached hydrogens (tertiary/aromatic N) is 7. The van der Waals surface area contributed by atoms with Gasteiger partial charge in [0, 0.05) is 79.6 Å². The zero-order chi connectivity index (χ0) is 36.5. The molecule has 53 heavy (non-hydrogen) atoms. The van der Waals surface area contributed by atoms with Gasteiger partial charge >= 0.3 is 0 Å². The summed E-state index contributed by atoms with van der Waals surface area (Å²) in [4.78, 5) is 43.1. The number of likely N-dealkylation sites (tertiary alicyclic amines) is 1. The quantitative estimate of drug-likeness (QED) is 0.158. The second kappa shape index (κ2) is 14.9. The molecule has 2 fully saturated rings. The first kappa shape index (κ1) is 34.6. The summed E-state index contributed by atoms with van der Waals surface area (Å²) >= 11 is 0. The predicted molar refractivity (Wildman–Crippen MR) is 210 cm³/mol. The van der Waals surface area contributed by atoms with E-state index < -0.39 is 0 Å². The molecule has 2 aromatic carbocycles. The van der Waals surface area contributed by atoms with Crippen molar-refractivity contribution < 1.29 is 4.79 Å². The van der Waals surface area contributed by atoms with Gasteiger partial charge in [0.05, 0.1) is 29.2 Å². The highest BCUT2D eigenvalue weighted by Gasteiger charge is 2.35. The molecular weight excluding hydrogens is 659 g/mol. The summed E-state index contributed by atoms with van der Waals surface area (Å²) in [6.45, 7) is 11.3. The molecule has 0 radical (unpaired) electrons. The number of aromatic amines is 1. The Morgan fingerprint density at radius 1 is 0.792 bits per heavy atom. The summed E-state index contributed by atoms with van der Waals surface area (Å²) in [5.74, 6) is 0.0746. The van der Waals surface area contributed by atoms with Crippen LogP contribution in [0.2, 0.25) is 0 Å². The van der Waals surface area contributed by atoms with Crippen LogP contribution in [0, 0.1) is 20.8 Å². The van der Waals surface area contributed by atoms with Crippen molar-refractivity contribution in [3.63, 3.8) is 0 Å². The Balaban J connectivity index is 0.924. The van der Waals surface area contributed by atoms with E-state index in [1.54, 1.807) is 6.33 Å². The van der Waals surface area contributed by atoms with Crippen molar-refractivity contribution >= 4 is 22.6 Å². The maximum atomic E-state index is 13.7. The van der Waals surface area contributed by atoms with Crippen molar-refractivity contribution in [2.45, 2.75) is 52.1 Å². The van der Waals surface area contributed by atoms with E-state index in [4.69, 9.17) is 15.7 Å². The fourth-order valence-electron chi connectivity index (χ4n) is 8.27. The molecule has 6 heterocycles. The van der Waals surface area contributed by atoms with E-state index in [-0.39, 0.29) is 18.0 Å². The van der Waals surface area contributed by atoms with E-state index in [1.165, 1.54) is 22.5 Å². The van der Waals surface area contributed by atoms with E-state index in [0.29, 0.717) is 18.7 Å². The first-order chi connectivity index (χ1) is 25.9. The Morgan fingerprint density at radius 2 is 1.47 bits per heavy atom. The minimum Gasteiger partial charge on any atom is -0.398 e. The number of benzene rings is 2. The number of pyridine rings is 2. The number of H-pyrrole nitrogens is 1. The Labute approximate surface area is 311 Å². The van der Waals surface area contributed by atoms with Gasteiger partial charge in [0.2, 0.25) is 0 Å². The molecular formula is C43H47N9O. The average Bonchev–Trinajstić information content (AvgIpc) is 3.64. The van der Waals surface area contributed by atoms with Crippen LogP contribution in [0.1, 0.15) is 69.8 Å². The van der Waals surface area contributed by atoms with Gasteiger partial charge in [-0.1, -0.05) is 36.4 Å². The standard InChI is InChI=1S/C43H47N9O/c1-28-8-6-18-45-39(28)37-12-5-13-38(40-29(2)9-7-19-46-40)52(37)25-22-50-20-23-51(24-21-50)43(53)32-16-14-31(15-17-32)36-26-34-41(47-27-48-42(34)49-36)33-10-4-11-35(44)30(33)3/h4,6-11,14-19,26-27,37-38H,5,12-13,20-25,44H2,1-3H3,(H,47,48,49)/t37-,38+. The van der Waals surface area contributed by atoms with Crippen LogP contribution in [-0.2, 0) is 0 Å². The molecule has 2 aliphatic heterocycles. The van der Waals surface area contributed by atoms with Gasteiger partial charge < -0.3 is 15.6 Å². The van der Waals surface area contributed by atoms with E-state index in [9.17, 15) is 4.79 Å². The molecule has 2 aliphatic rings. The molecule has 0 aliphatic carbocycles. The molecule has 0 spiro atoms. The summed E-state index contributed by atoms with van der Waals surface area (Å²) in [5.41, 5.74) is 18.0. The minimum atomic E-state index is 0.0746. The number of piperazine rings is 1. The second-order valence-electron chi connectivity index (χ2n) is 14.5. The van der Waals surface area contributed by atoms with Crippen molar-refractivity contribution in [2.24, 2.45) is 0 Å². The van der Waals surface area contributed by atoms with Crippen LogP contribution in [-0.4, -0.2) is 84.8 Å². The number of fused-ring (bicyclic) bond motifs is 1. The largest absolute Gasteiger partial charge is 0.398 e. The number of hydrogen-bond acceptors (Lipinski definition) is 8. The average molecular weight is 706 g/mol. The van der Waals surface area contributed by atoms with Crippen LogP contribution < -0.4 is 5.73 Å². The topological polar surface area (TPSA) is 120 Å². The number of carbonyl (C=O) groups excluding carboxylic acids is 1. The Morgan fingerprint density at radius 3 is 2.13 bits per heavy atom. The Bertz CT molecular complexity index is 2190. The van der Waals surface area contributed by atoms with Gasteiger partial charge in [-0.15, -0.1) is 0 Å². The third kappa shape index (κ3) is 6.92. The first-order valence-electron chi connectivity index (χ1n) is 18.8. The summed E-state index contributed by atoms with van der Waals surface area (Å²) in [7, 11) is 0. The second-order valence-corrected chi connectivity index (χ2v) is 14.5. The summed E-state index contributed by atoms with van der Waals surface area (Å²) in [6, 6.07) is 24.8. The number of hydrogen-bond donors (Lipinski definition) is 2. The number of aryl methyl sites for hydroxylation is 2. The lowest BCUT2D eigenvalue weighted by Crippen LogP contribution is -2.51.